The number of piperidine rings is 2. The van der Waals surface area contributed by atoms with Gasteiger partial charge in [-0.15, -0.1) is 0 Å². The topological polar surface area (TPSA) is 95.5 Å². The summed E-state index contributed by atoms with van der Waals surface area (Å²) in [5, 5.41) is 2.30. The van der Waals surface area contributed by atoms with E-state index in [0.717, 1.165) is 117 Å². The zero-order valence-corrected chi connectivity index (χ0v) is 38.3. The largest absolute Gasteiger partial charge is 0.358 e. The third kappa shape index (κ3) is 8.84. The van der Waals surface area contributed by atoms with Crippen LogP contribution in [-0.2, 0) is 35.7 Å². The molecule has 2 aliphatic heterocycles. The van der Waals surface area contributed by atoms with Crippen molar-refractivity contribution in [3.8, 4) is 0 Å². The summed E-state index contributed by atoms with van der Waals surface area (Å²) in [5.74, 6) is 4.97. The first-order chi connectivity index (χ1) is 29.6. The minimum Gasteiger partial charge on any atom is -0.358 e. The third-order valence-electron chi connectivity index (χ3n) is 16.5. The van der Waals surface area contributed by atoms with Gasteiger partial charge in [0.05, 0.1) is 11.3 Å². The Morgan fingerprint density at radius 2 is 1.11 bits per heavy atom. The summed E-state index contributed by atoms with van der Waals surface area (Å²) >= 11 is 0. The van der Waals surface area contributed by atoms with Crippen molar-refractivity contribution < 1.29 is 18.0 Å². The maximum absolute atomic E-state index is 13.3. The fourth-order valence-corrected chi connectivity index (χ4v) is 13.8. The minimum atomic E-state index is -3.40. The molecule has 10 rings (SSSR count). The molecule has 0 radical (unpaired) electrons. The molecule has 4 aliphatic carbocycles. The van der Waals surface area contributed by atoms with Crippen LogP contribution in [0.25, 0.3) is 21.8 Å². The Morgan fingerprint density at radius 3 is 1.67 bits per heavy atom. The van der Waals surface area contributed by atoms with Crippen molar-refractivity contribution in [1.29, 1.82) is 0 Å². The molecule has 2 amide bonds. The van der Waals surface area contributed by atoms with Gasteiger partial charge in [-0.05, 0) is 154 Å². The molecule has 2 saturated carbocycles. The van der Waals surface area contributed by atoms with E-state index in [1.54, 1.807) is 10.9 Å². The number of hydrogen-bond donors (Lipinski definition) is 1. The van der Waals surface area contributed by atoms with Gasteiger partial charge in [0.1, 0.15) is 0 Å². The number of aromatic amines is 1. The van der Waals surface area contributed by atoms with Gasteiger partial charge in [0.15, 0.2) is 0 Å². The summed E-state index contributed by atoms with van der Waals surface area (Å²) in [6.07, 6.45) is 24.7. The van der Waals surface area contributed by atoms with Crippen LogP contribution in [-0.4, -0.2) is 70.9 Å². The fourth-order valence-electron chi connectivity index (χ4n) is 12.5. The lowest BCUT2D eigenvalue weighted by Crippen LogP contribution is -2.37. The molecular formula is C52H72N4O4S. The van der Waals surface area contributed by atoms with Gasteiger partial charge in [0, 0.05) is 65.0 Å². The van der Waals surface area contributed by atoms with E-state index in [1.807, 2.05) is 29.2 Å². The Hall–Kier alpha value is -3.59. The lowest BCUT2D eigenvalue weighted by Gasteiger charge is -2.33. The Balaban J connectivity index is 0.000000158. The number of fused-ring (bicyclic) bond motifs is 6. The third-order valence-corrected chi connectivity index (χ3v) is 18.2. The molecule has 2 atom stereocenters. The molecule has 1 N–H and O–H groups in total. The maximum atomic E-state index is 13.3. The Kier molecular flexibility index (Phi) is 12.8. The first kappa shape index (κ1) is 42.7. The molecule has 2 aromatic carbocycles. The lowest BCUT2D eigenvalue weighted by molar-refractivity contribution is 0.0689. The zero-order chi connectivity index (χ0) is 42.3. The Morgan fingerprint density at radius 1 is 0.607 bits per heavy atom. The number of rotatable bonds is 6. The van der Waals surface area contributed by atoms with E-state index in [-0.39, 0.29) is 17.6 Å². The van der Waals surface area contributed by atoms with Crippen LogP contribution in [0.5, 0.6) is 0 Å². The van der Waals surface area contributed by atoms with Crippen molar-refractivity contribution >= 4 is 43.6 Å². The number of carbonyl (C=O) groups is 2. The second kappa shape index (κ2) is 18.3. The predicted molar refractivity (Wildman–Crippen MR) is 248 cm³/mol. The molecule has 2 unspecified atom stereocenters. The summed E-state index contributed by atoms with van der Waals surface area (Å²) in [6.45, 7) is 9.70. The maximum Gasteiger partial charge on any atom is 0.253 e. The van der Waals surface area contributed by atoms with E-state index in [2.05, 4.69) is 35.9 Å². The number of likely N-dealkylation sites (tertiary alicyclic amines) is 2. The highest BCUT2D eigenvalue weighted by Crippen LogP contribution is 2.43. The van der Waals surface area contributed by atoms with E-state index in [0.29, 0.717) is 17.4 Å². The molecular weight excluding hydrogens is 777 g/mol. The summed E-state index contributed by atoms with van der Waals surface area (Å²) in [5.41, 5.74) is 8.65. The highest BCUT2D eigenvalue weighted by molar-refractivity contribution is 7.90. The SMILES string of the molecule is CC1CCN(C(=O)c2ccc3[nH]c4c(c3c2)CC(C2CCCCC2)CC4)CC1.CCS(=O)(=O)n1c2c(c3cc(C(=O)N4CCC(C)CC4)ccc31)CC(C1CCCCC1)CC2. The summed E-state index contributed by atoms with van der Waals surface area (Å²) in [7, 11) is -3.40. The van der Waals surface area contributed by atoms with Crippen LogP contribution in [0.15, 0.2) is 36.4 Å². The minimum absolute atomic E-state index is 0.0852. The van der Waals surface area contributed by atoms with Crippen molar-refractivity contribution in [2.75, 3.05) is 31.9 Å². The Labute approximate surface area is 365 Å². The second-order valence-electron chi connectivity index (χ2n) is 20.4. The van der Waals surface area contributed by atoms with Crippen LogP contribution in [0.4, 0.5) is 0 Å². The number of aromatic nitrogens is 2. The Bertz CT molecular complexity index is 2310. The lowest BCUT2D eigenvalue weighted by atomic mass is 9.72. The van der Waals surface area contributed by atoms with E-state index < -0.39 is 10.0 Å². The number of benzene rings is 2. The molecule has 8 nitrogen and oxygen atoms in total. The van der Waals surface area contributed by atoms with Gasteiger partial charge >= 0.3 is 0 Å². The highest BCUT2D eigenvalue weighted by Gasteiger charge is 2.35. The van der Waals surface area contributed by atoms with Crippen LogP contribution in [0, 0.1) is 35.5 Å². The van der Waals surface area contributed by atoms with E-state index >= 15 is 0 Å². The monoisotopic (exact) mass is 849 g/mol. The second-order valence-corrected chi connectivity index (χ2v) is 22.5. The van der Waals surface area contributed by atoms with Crippen molar-refractivity contribution in [2.24, 2.45) is 35.5 Å². The van der Waals surface area contributed by atoms with Crippen molar-refractivity contribution in [2.45, 2.75) is 149 Å². The van der Waals surface area contributed by atoms with Crippen molar-refractivity contribution in [3.05, 3.63) is 70.0 Å². The van der Waals surface area contributed by atoms with Gasteiger partial charge < -0.3 is 14.8 Å². The molecule has 0 spiro atoms. The number of hydrogen-bond acceptors (Lipinski definition) is 4. The molecule has 6 aliphatic rings. The first-order valence-corrected chi connectivity index (χ1v) is 26.3. The average molecular weight is 849 g/mol. The fraction of sp³-hybridized carbons (Fsp3) is 0.654. The standard InChI is InChI=1S/C27H38N2O3S.C25H34N2O/c1-3-33(31,32)29-25-11-9-21(20-7-5-4-6-8-20)17-23(25)24-18-22(10-12-26(24)29)27(30)28-15-13-19(2)14-16-28;1-17-11-13-27(14-12-17)25(28)20-8-10-24-22(16-20)21-15-19(7-9-23(21)26-24)18-5-3-2-4-6-18/h10,12,18-21H,3-9,11,13-17H2,1-2H3;8,10,16-19,26H,2-7,9,11-15H2,1H3. The molecule has 2 saturated heterocycles. The zero-order valence-electron chi connectivity index (χ0n) is 37.5. The quantitative estimate of drug-likeness (QED) is 0.209. The van der Waals surface area contributed by atoms with Crippen molar-refractivity contribution in [3.63, 3.8) is 0 Å². The van der Waals surface area contributed by atoms with Crippen LogP contribution in [0.1, 0.15) is 167 Å². The number of amides is 2. The molecule has 4 fully saturated rings. The number of H-pyrrole nitrogens is 1. The van der Waals surface area contributed by atoms with Crippen molar-refractivity contribution in [1.82, 2.24) is 18.8 Å². The first-order valence-electron chi connectivity index (χ1n) is 24.7. The normalized spacial score (nSPS) is 23.7. The van der Waals surface area contributed by atoms with E-state index in [4.69, 9.17) is 0 Å². The average Bonchev–Trinajstić information content (AvgIpc) is 3.84. The van der Waals surface area contributed by atoms with Crippen LogP contribution < -0.4 is 0 Å². The van der Waals surface area contributed by atoms with Gasteiger partial charge in [-0.3, -0.25) is 9.59 Å². The van der Waals surface area contributed by atoms with Gasteiger partial charge in [0.2, 0.25) is 10.0 Å². The molecule has 61 heavy (non-hydrogen) atoms. The molecule has 330 valence electrons. The number of carbonyl (C=O) groups excluding carboxylic acids is 2. The summed E-state index contributed by atoms with van der Waals surface area (Å²) in [4.78, 5) is 34.1. The summed E-state index contributed by atoms with van der Waals surface area (Å²) < 4.78 is 27.8. The molecule has 9 heteroatoms. The number of aryl methyl sites for hydroxylation is 1. The van der Waals surface area contributed by atoms with Gasteiger partial charge in [0.25, 0.3) is 11.8 Å². The molecule has 4 heterocycles. The molecule has 0 bridgehead atoms. The smallest absolute Gasteiger partial charge is 0.253 e. The van der Waals surface area contributed by atoms with Gasteiger partial charge in [-0.2, -0.15) is 0 Å². The van der Waals surface area contributed by atoms with Crippen LogP contribution in [0.2, 0.25) is 0 Å². The van der Waals surface area contributed by atoms with Gasteiger partial charge in [-0.25, -0.2) is 12.4 Å². The van der Waals surface area contributed by atoms with Crippen LogP contribution >= 0.6 is 0 Å². The van der Waals surface area contributed by atoms with E-state index in [1.165, 1.54) is 111 Å². The predicted octanol–water partition coefficient (Wildman–Crippen LogP) is 11.1. The highest BCUT2D eigenvalue weighted by atomic mass is 32.2. The number of nitrogens with zero attached hydrogens (tertiary/aromatic N) is 3. The van der Waals surface area contributed by atoms with E-state index in [9.17, 15) is 18.0 Å². The number of nitrogens with one attached hydrogen (secondary N) is 1. The molecule has 2 aromatic heterocycles. The van der Waals surface area contributed by atoms with Crippen LogP contribution in [0.3, 0.4) is 0 Å². The molecule has 4 aromatic rings. The summed E-state index contributed by atoms with van der Waals surface area (Å²) in [6, 6.07) is 12.1. The van der Waals surface area contributed by atoms with Gasteiger partial charge in [-0.1, -0.05) is 78.1 Å².